The van der Waals surface area contributed by atoms with Gasteiger partial charge in [0.15, 0.2) is 11.5 Å². The van der Waals surface area contributed by atoms with Gasteiger partial charge in [0.25, 0.3) is 5.91 Å². The molecule has 0 saturated carbocycles. The van der Waals surface area contributed by atoms with E-state index in [2.05, 4.69) is 5.10 Å². The number of ether oxygens (including phenoxy) is 2. The van der Waals surface area contributed by atoms with Crippen molar-refractivity contribution in [3.05, 3.63) is 58.6 Å². The number of anilines is 1. The number of hydrogen-bond donors (Lipinski definition) is 0. The first-order valence-corrected chi connectivity index (χ1v) is 8.59. The summed E-state index contributed by atoms with van der Waals surface area (Å²) in [6.45, 7) is 4.28. The molecular formula is C20H19ClN2O3. The maximum Gasteiger partial charge on any atom is 0.280 e. The fourth-order valence-electron chi connectivity index (χ4n) is 2.66. The van der Waals surface area contributed by atoms with Crippen molar-refractivity contribution in [1.82, 2.24) is 0 Å². The molecule has 1 amide bonds. The second-order valence-electron chi connectivity index (χ2n) is 5.68. The molecule has 1 aliphatic rings. The van der Waals surface area contributed by atoms with Crippen molar-refractivity contribution >= 4 is 35.0 Å². The molecule has 6 heteroatoms. The van der Waals surface area contributed by atoms with Crippen LogP contribution in [0.15, 0.2) is 53.1 Å². The Bertz CT molecular complexity index is 888. The lowest BCUT2D eigenvalue weighted by atomic mass is 10.1. The van der Waals surface area contributed by atoms with Crippen LogP contribution in [0.5, 0.6) is 11.5 Å². The van der Waals surface area contributed by atoms with Gasteiger partial charge in [0, 0.05) is 5.02 Å². The van der Waals surface area contributed by atoms with Gasteiger partial charge in [-0.1, -0.05) is 17.7 Å². The van der Waals surface area contributed by atoms with Crippen LogP contribution in [0.25, 0.3) is 6.08 Å². The average molecular weight is 371 g/mol. The van der Waals surface area contributed by atoms with Crippen molar-refractivity contribution < 1.29 is 14.3 Å². The normalized spacial score (nSPS) is 15.4. The molecule has 26 heavy (non-hydrogen) atoms. The molecule has 0 saturated heterocycles. The van der Waals surface area contributed by atoms with Crippen molar-refractivity contribution in [1.29, 1.82) is 0 Å². The zero-order valence-electron chi connectivity index (χ0n) is 14.8. The molecule has 2 aromatic carbocycles. The smallest absolute Gasteiger partial charge is 0.280 e. The van der Waals surface area contributed by atoms with Gasteiger partial charge in [-0.3, -0.25) is 4.79 Å². The van der Waals surface area contributed by atoms with Crippen LogP contribution in [0.1, 0.15) is 19.4 Å². The number of benzene rings is 2. The Kier molecular flexibility index (Phi) is 5.28. The SMILES string of the molecule is CCOc1ccc(/C=C2/C(=O)N(c3ccc(Cl)cc3)N=C2C)cc1OC. The van der Waals surface area contributed by atoms with Crippen molar-refractivity contribution in [3.8, 4) is 11.5 Å². The highest BCUT2D eigenvalue weighted by atomic mass is 35.5. The minimum Gasteiger partial charge on any atom is -0.493 e. The Morgan fingerprint density at radius 1 is 1.15 bits per heavy atom. The molecule has 0 aliphatic carbocycles. The van der Waals surface area contributed by atoms with Gasteiger partial charge < -0.3 is 9.47 Å². The minimum absolute atomic E-state index is 0.183. The summed E-state index contributed by atoms with van der Waals surface area (Å²) in [7, 11) is 1.59. The molecule has 0 N–H and O–H groups in total. The standard InChI is InChI=1S/C20H19ClN2O3/c1-4-26-18-10-5-14(12-19(18)25-3)11-17-13(2)22-23(20(17)24)16-8-6-15(21)7-9-16/h5-12H,4H2,1-3H3/b17-11+. The van der Waals surface area contributed by atoms with Crippen LogP contribution in [-0.2, 0) is 4.79 Å². The number of amides is 1. The third-order valence-electron chi connectivity index (χ3n) is 3.93. The lowest BCUT2D eigenvalue weighted by molar-refractivity contribution is -0.114. The number of carbonyl (C=O) groups excluding carboxylic acids is 1. The molecule has 0 unspecified atom stereocenters. The molecule has 0 fully saturated rings. The van der Waals surface area contributed by atoms with E-state index in [1.165, 1.54) is 5.01 Å². The van der Waals surface area contributed by atoms with E-state index in [0.717, 1.165) is 5.56 Å². The molecule has 134 valence electrons. The Morgan fingerprint density at radius 2 is 1.88 bits per heavy atom. The largest absolute Gasteiger partial charge is 0.493 e. The monoisotopic (exact) mass is 370 g/mol. The summed E-state index contributed by atoms with van der Waals surface area (Å²) in [5.41, 5.74) is 2.69. The van der Waals surface area contributed by atoms with Gasteiger partial charge in [0.2, 0.25) is 0 Å². The number of nitrogens with zero attached hydrogens (tertiary/aromatic N) is 2. The number of halogens is 1. The van der Waals surface area contributed by atoms with Crippen LogP contribution in [0.3, 0.4) is 0 Å². The molecular weight excluding hydrogens is 352 g/mol. The van der Waals surface area contributed by atoms with E-state index in [4.69, 9.17) is 21.1 Å². The van der Waals surface area contributed by atoms with Gasteiger partial charge in [-0.25, -0.2) is 0 Å². The van der Waals surface area contributed by atoms with E-state index in [1.807, 2.05) is 32.0 Å². The summed E-state index contributed by atoms with van der Waals surface area (Å²) in [6, 6.07) is 12.5. The molecule has 0 radical (unpaired) electrons. The van der Waals surface area contributed by atoms with Gasteiger partial charge in [-0.05, 0) is 61.9 Å². The molecule has 0 aromatic heterocycles. The molecule has 5 nitrogen and oxygen atoms in total. The average Bonchev–Trinajstić information content (AvgIpc) is 2.92. The van der Waals surface area contributed by atoms with Gasteiger partial charge >= 0.3 is 0 Å². The number of hydrazone groups is 1. The van der Waals surface area contributed by atoms with Crippen LogP contribution in [0, 0.1) is 0 Å². The maximum absolute atomic E-state index is 12.8. The second-order valence-corrected chi connectivity index (χ2v) is 6.12. The van der Waals surface area contributed by atoms with Crippen molar-refractivity contribution in [2.24, 2.45) is 5.10 Å². The van der Waals surface area contributed by atoms with Crippen LogP contribution in [0.4, 0.5) is 5.69 Å². The van der Waals surface area contributed by atoms with Gasteiger partial charge in [-0.2, -0.15) is 10.1 Å². The maximum atomic E-state index is 12.8. The summed E-state index contributed by atoms with van der Waals surface area (Å²) >= 11 is 5.91. The van der Waals surface area contributed by atoms with E-state index in [0.29, 0.717) is 40.1 Å². The second kappa shape index (κ2) is 7.62. The van der Waals surface area contributed by atoms with Crippen LogP contribution >= 0.6 is 11.6 Å². The third kappa shape index (κ3) is 3.58. The van der Waals surface area contributed by atoms with Gasteiger partial charge in [0.05, 0.1) is 30.7 Å². The Morgan fingerprint density at radius 3 is 2.54 bits per heavy atom. The molecule has 1 heterocycles. The van der Waals surface area contributed by atoms with Gasteiger partial charge in [0.1, 0.15) is 0 Å². The van der Waals surface area contributed by atoms with E-state index in [1.54, 1.807) is 37.5 Å². The van der Waals surface area contributed by atoms with E-state index >= 15 is 0 Å². The third-order valence-corrected chi connectivity index (χ3v) is 4.18. The number of methoxy groups -OCH3 is 1. The first-order valence-electron chi connectivity index (χ1n) is 8.21. The highest BCUT2D eigenvalue weighted by Crippen LogP contribution is 2.30. The number of hydrogen-bond acceptors (Lipinski definition) is 4. The fourth-order valence-corrected chi connectivity index (χ4v) is 2.78. The molecule has 0 spiro atoms. The summed E-state index contributed by atoms with van der Waals surface area (Å²) in [4.78, 5) is 12.8. The summed E-state index contributed by atoms with van der Waals surface area (Å²) in [5, 5.41) is 6.36. The molecule has 3 rings (SSSR count). The Hall–Kier alpha value is -2.79. The lowest BCUT2D eigenvalue weighted by Crippen LogP contribution is -2.21. The predicted octanol–water partition coefficient (Wildman–Crippen LogP) is 4.55. The number of rotatable bonds is 5. The lowest BCUT2D eigenvalue weighted by Gasteiger charge is -2.12. The summed E-state index contributed by atoms with van der Waals surface area (Å²) in [6.07, 6.45) is 1.80. The molecule has 1 aliphatic heterocycles. The van der Waals surface area contributed by atoms with E-state index in [-0.39, 0.29) is 5.91 Å². The Balaban J connectivity index is 1.91. The van der Waals surface area contributed by atoms with Crippen LogP contribution in [0.2, 0.25) is 5.02 Å². The Labute approximate surface area is 157 Å². The highest BCUT2D eigenvalue weighted by Gasteiger charge is 2.28. The summed E-state index contributed by atoms with van der Waals surface area (Å²) in [5.74, 6) is 1.11. The van der Waals surface area contributed by atoms with Crippen molar-refractivity contribution in [2.75, 3.05) is 18.7 Å². The number of carbonyl (C=O) groups is 1. The van der Waals surface area contributed by atoms with Crippen LogP contribution < -0.4 is 14.5 Å². The summed E-state index contributed by atoms with van der Waals surface area (Å²) < 4.78 is 10.9. The quantitative estimate of drug-likeness (QED) is 0.725. The predicted molar refractivity (Wildman–Crippen MR) is 104 cm³/mol. The molecule has 2 aromatic rings. The first kappa shape index (κ1) is 18.0. The zero-order valence-corrected chi connectivity index (χ0v) is 15.6. The topological polar surface area (TPSA) is 51.1 Å². The van der Waals surface area contributed by atoms with Gasteiger partial charge in [-0.15, -0.1) is 0 Å². The highest BCUT2D eigenvalue weighted by molar-refractivity contribution is 6.32. The molecule has 0 bridgehead atoms. The van der Waals surface area contributed by atoms with Crippen molar-refractivity contribution in [2.45, 2.75) is 13.8 Å². The molecule has 0 atom stereocenters. The van der Waals surface area contributed by atoms with E-state index in [9.17, 15) is 4.79 Å². The first-order chi connectivity index (χ1) is 12.5. The minimum atomic E-state index is -0.183. The van der Waals surface area contributed by atoms with E-state index < -0.39 is 0 Å². The van der Waals surface area contributed by atoms with Crippen LogP contribution in [-0.4, -0.2) is 25.3 Å². The van der Waals surface area contributed by atoms with Crippen molar-refractivity contribution in [3.63, 3.8) is 0 Å². The zero-order chi connectivity index (χ0) is 18.7. The fraction of sp³-hybridized carbons (Fsp3) is 0.200.